The van der Waals surface area contributed by atoms with Gasteiger partial charge in [-0.3, -0.25) is 4.79 Å². The number of nitrogens with zero attached hydrogens (tertiary/aromatic N) is 2. The smallest absolute Gasteiger partial charge is 0.416 e. The Labute approximate surface area is 217 Å². The summed E-state index contributed by atoms with van der Waals surface area (Å²) >= 11 is 0. The molecule has 2 aliphatic heterocycles. The minimum absolute atomic E-state index is 0.0663. The van der Waals surface area contributed by atoms with Crippen molar-refractivity contribution in [1.82, 2.24) is 10.2 Å². The van der Waals surface area contributed by atoms with Gasteiger partial charge in [0.15, 0.2) is 6.61 Å². The Kier molecular flexibility index (Phi) is 7.18. The Morgan fingerprint density at radius 1 is 1.11 bits per heavy atom. The van der Waals surface area contributed by atoms with Gasteiger partial charge in [0.1, 0.15) is 18.0 Å². The van der Waals surface area contributed by atoms with Gasteiger partial charge < -0.3 is 24.5 Å². The van der Waals surface area contributed by atoms with Crippen molar-refractivity contribution in [1.29, 1.82) is 0 Å². The molecule has 11 heteroatoms. The molecule has 5 rings (SSSR count). The number of amides is 2. The van der Waals surface area contributed by atoms with Crippen LogP contribution in [-0.4, -0.2) is 54.5 Å². The lowest BCUT2D eigenvalue weighted by molar-refractivity contribution is -0.138. The topological polar surface area (TPSA) is 89.5 Å². The third-order valence-corrected chi connectivity index (χ3v) is 7.19. The van der Waals surface area contributed by atoms with Crippen LogP contribution in [0.5, 0.6) is 5.75 Å². The minimum atomic E-state index is -4.37. The molecule has 0 aromatic heterocycles. The van der Waals surface area contributed by atoms with Gasteiger partial charge >= 0.3 is 12.3 Å². The molecule has 3 aliphatic rings. The molecular formula is C27H28F3N3O5. The first kappa shape index (κ1) is 25.9. The van der Waals surface area contributed by atoms with E-state index in [1.165, 1.54) is 12.1 Å². The van der Waals surface area contributed by atoms with Crippen LogP contribution < -0.4 is 10.1 Å². The highest BCUT2D eigenvalue weighted by atomic mass is 19.4. The summed E-state index contributed by atoms with van der Waals surface area (Å²) in [7, 11) is 0. The van der Waals surface area contributed by atoms with Crippen LogP contribution in [0, 0.1) is 0 Å². The normalized spacial score (nSPS) is 19.6. The summed E-state index contributed by atoms with van der Waals surface area (Å²) in [6.07, 6.45) is -1.16. The maximum Gasteiger partial charge on any atom is 0.416 e. The van der Waals surface area contributed by atoms with E-state index in [0.29, 0.717) is 43.8 Å². The second-order valence-corrected chi connectivity index (χ2v) is 9.77. The number of likely N-dealkylation sites (tertiary alicyclic amines) is 1. The highest BCUT2D eigenvalue weighted by Crippen LogP contribution is 2.31. The predicted octanol–water partition coefficient (Wildman–Crippen LogP) is 4.44. The molecule has 0 radical (unpaired) electrons. The van der Waals surface area contributed by atoms with Gasteiger partial charge in [0.25, 0.3) is 5.91 Å². The number of alkyl carbamates (subject to hydrolysis) is 1. The SMILES string of the molecule is O=C1NCC2(CCN(C(=O)COc3ccc4c(c3)CCC/C4=N\OCc3ccc(C(F)(F)F)cc3)CC2)O1. The number of hydrogen-bond acceptors (Lipinski definition) is 6. The van der Waals surface area contributed by atoms with Gasteiger partial charge in [-0.2, -0.15) is 13.2 Å². The van der Waals surface area contributed by atoms with Gasteiger partial charge in [0.2, 0.25) is 0 Å². The monoisotopic (exact) mass is 531 g/mol. The summed E-state index contributed by atoms with van der Waals surface area (Å²) in [5.41, 5.74) is 2.12. The van der Waals surface area contributed by atoms with Crippen LogP contribution >= 0.6 is 0 Å². The fourth-order valence-electron chi connectivity index (χ4n) is 4.98. The fourth-order valence-corrected chi connectivity index (χ4v) is 4.98. The average Bonchev–Trinajstić information content (AvgIpc) is 3.27. The van der Waals surface area contributed by atoms with E-state index in [4.69, 9.17) is 14.3 Å². The Morgan fingerprint density at radius 2 is 1.87 bits per heavy atom. The molecule has 0 unspecified atom stereocenters. The Balaban J connectivity index is 1.13. The zero-order chi connectivity index (χ0) is 26.8. The molecule has 0 bridgehead atoms. The summed E-state index contributed by atoms with van der Waals surface area (Å²) in [5, 5.41) is 6.93. The number of carbonyl (C=O) groups excluding carboxylic acids is 2. The molecule has 0 saturated carbocycles. The molecule has 202 valence electrons. The first-order valence-electron chi connectivity index (χ1n) is 12.6. The molecule has 2 aromatic carbocycles. The van der Waals surface area contributed by atoms with Crippen molar-refractivity contribution in [3.8, 4) is 5.75 Å². The van der Waals surface area contributed by atoms with Crippen molar-refractivity contribution in [2.24, 2.45) is 5.16 Å². The number of carbonyl (C=O) groups is 2. The first-order chi connectivity index (χ1) is 18.2. The molecule has 0 atom stereocenters. The third-order valence-electron chi connectivity index (χ3n) is 7.19. The summed E-state index contributed by atoms with van der Waals surface area (Å²) in [4.78, 5) is 31.2. The van der Waals surface area contributed by atoms with E-state index in [0.717, 1.165) is 48.2 Å². The largest absolute Gasteiger partial charge is 0.484 e. The second-order valence-electron chi connectivity index (χ2n) is 9.77. The molecule has 8 nitrogen and oxygen atoms in total. The summed E-state index contributed by atoms with van der Waals surface area (Å²) in [6, 6.07) is 10.4. The van der Waals surface area contributed by atoms with Crippen LogP contribution in [0.15, 0.2) is 47.6 Å². The van der Waals surface area contributed by atoms with Crippen molar-refractivity contribution >= 4 is 17.7 Å². The standard InChI is InChI=1S/C27H28F3N3O5/c28-27(29,30)20-6-4-18(5-7-20)15-37-32-23-3-1-2-19-14-21(8-9-22(19)23)36-16-24(34)33-12-10-26(11-13-33)17-31-25(35)38-26/h4-9,14H,1-3,10-13,15-17H2,(H,31,35)/b32-23+. The van der Waals surface area contributed by atoms with Crippen molar-refractivity contribution in [3.05, 3.63) is 64.7 Å². The van der Waals surface area contributed by atoms with Crippen molar-refractivity contribution in [2.75, 3.05) is 26.2 Å². The number of piperidine rings is 1. The first-order valence-corrected chi connectivity index (χ1v) is 12.6. The molecular weight excluding hydrogens is 503 g/mol. The highest BCUT2D eigenvalue weighted by molar-refractivity contribution is 6.02. The molecule has 2 saturated heterocycles. The molecule has 38 heavy (non-hydrogen) atoms. The van der Waals surface area contributed by atoms with Crippen LogP contribution in [0.3, 0.4) is 0 Å². The van der Waals surface area contributed by atoms with E-state index >= 15 is 0 Å². The van der Waals surface area contributed by atoms with Crippen LogP contribution in [0.1, 0.15) is 47.9 Å². The van der Waals surface area contributed by atoms with Crippen molar-refractivity contribution in [2.45, 2.75) is 50.5 Å². The van der Waals surface area contributed by atoms with Gasteiger partial charge in [-0.25, -0.2) is 4.79 Å². The predicted molar refractivity (Wildman–Crippen MR) is 131 cm³/mol. The zero-order valence-corrected chi connectivity index (χ0v) is 20.7. The number of fused-ring (bicyclic) bond motifs is 1. The molecule has 1 N–H and O–H groups in total. The van der Waals surface area contributed by atoms with E-state index in [-0.39, 0.29) is 19.1 Å². The number of rotatable bonds is 6. The lowest BCUT2D eigenvalue weighted by Gasteiger charge is -2.37. The van der Waals surface area contributed by atoms with E-state index in [1.807, 2.05) is 12.1 Å². The van der Waals surface area contributed by atoms with E-state index in [1.54, 1.807) is 11.0 Å². The Morgan fingerprint density at radius 3 is 2.55 bits per heavy atom. The van der Waals surface area contributed by atoms with E-state index in [2.05, 4.69) is 10.5 Å². The minimum Gasteiger partial charge on any atom is -0.484 e. The number of halogens is 3. The van der Waals surface area contributed by atoms with Gasteiger partial charge in [-0.1, -0.05) is 17.3 Å². The quantitative estimate of drug-likeness (QED) is 0.557. The van der Waals surface area contributed by atoms with Crippen LogP contribution in [-0.2, 0) is 33.6 Å². The summed E-state index contributed by atoms with van der Waals surface area (Å²) < 4.78 is 49.4. The maximum absolute atomic E-state index is 12.7. The molecule has 2 aromatic rings. The lowest BCUT2D eigenvalue weighted by atomic mass is 9.90. The van der Waals surface area contributed by atoms with Gasteiger partial charge in [0.05, 0.1) is 17.8 Å². The van der Waals surface area contributed by atoms with Gasteiger partial charge in [-0.15, -0.1) is 0 Å². The molecule has 2 fully saturated rings. The van der Waals surface area contributed by atoms with Crippen molar-refractivity contribution < 1.29 is 37.1 Å². The second kappa shape index (κ2) is 10.5. The Hall–Kier alpha value is -3.76. The average molecular weight is 532 g/mol. The number of nitrogens with one attached hydrogen (secondary N) is 1. The maximum atomic E-state index is 12.7. The Bertz CT molecular complexity index is 1220. The van der Waals surface area contributed by atoms with Crippen LogP contribution in [0.4, 0.5) is 18.0 Å². The van der Waals surface area contributed by atoms with Crippen molar-refractivity contribution in [3.63, 3.8) is 0 Å². The number of ether oxygens (including phenoxy) is 2. The summed E-state index contributed by atoms with van der Waals surface area (Å²) in [6.45, 7) is 1.48. The van der Waals surface area contributed by atoms with Gasteiger partial charge in [-0.05, 0) is 60.7 Å². The van der Waals surface area contributed by atoms with Crippen LogP contribution in [0.2, 0.25) is 0 Å². The highest BCUT2D eigenvalue weighted by Gasteiger charge is 2.43. The number of oxime groups is 1. The molecule has 1 spiro atoms. The van der Waals surface area contributed by atoms with Crippen LogP contribution in [0.25, 0.3) is 0 Å². The van der Waals surface area contributed by atoms with E-state index in [9.17, 15) is 22.8 Å². The molecule has 2 amide bonds. The lowest BCUT2D eigenvalue weighted by Crippen LogP contribution is -2.49. The number of benzene rings is 2. The fraction of sp³-hybridized carbons (Fsp3) is 0.444. The zero-order valence-electron chi connectivity index (χ0n) is 20.7. The number of alkyl halides is 3. The van der Waals surface area contributed by atoms with E-state index < -0.39 is 23.4 Å². The summed E-state index contributed by atoms with van der Waals surface area (Å²) in [5.74, 6) is 0.472. The van der Waals surface area contributed by atoms with Gasteiger partial charge in [0, 0.05) is 31.5 Å². The molecule has 2 heterocycles. The number of hydrogen-bond donors (Lipinski definition) is 1. The number of aryl methyl sites for hydroxylation is 1. The third kappa shape index (κ3) is 5.87. The molecule has 1 aliphatic carbocycles.